The second kappa shape index (κ2) is 40.7. The fourth-order valence-electron chi connectivity index (χ4n) is 6.67. The van der Waals surface area contributed by atoms with E-state index >= 15 is 0 Å². The number of alkyl halides is 1. The number of quaternary nitrogens is 1. The van der Waals surface area contributed by atoms with Crippen molar-refractivity contribution in [3.63, 3.8) is 0 Å². The average Bonchev–Trinajstić information content (AvgIpc) is 3.21. The number of rotatable bonds is 44. The minimum Gasteiger partial charge on any atom is -0.465 e. The number of phosphoric ester groups is 1. The molecule has 0 aliphatic heterocycles. The molecule has 11 nitrogen and oxygen atoms in total. The first kappa shape index (κ1) is 58.9. The first-order valence-electron chi connectivity index (χ1n) is 24.0. The van der Waals surface area contributed by atoms with E-state index < -0.39 is 32.5 Å². The molecule has 0 bridgehead atoms. The Morgan fingerprint density at radius 3 is 1.58 bits per heavy atom. The van der Waals surface area contributed by atoms with Crippen molar-refractivity contribution >= 4 is 25.7 Å². The normalized spacial score (nSPS) is 14.0. The fraction of sp³-hybridized carbons (Fsp3) is 0.894. The van der Waals surface area contributed by atoms with Gasteiger partial charge in [0.2, 0.25) is 0 Å². The molecule has 0 fully saturated rings. The molecule has 0 saturated heterocycles. The number of halogens is 1. The molecule has 60 heavy (non-hydrogen) atoms. The van der Waals surface area contributed by atoms with E-state index in [2.05, 4.69) is 37.9 Å². The third kappa shape index (κ3) is 39.8. The Bertz CT molecular complexity index is 1120. The van der Waals surface area contributed by atoms with Crippen LogP contribution >= 0.6 is 7.82 Å². The van der Waals surface area contributed by atoms with Crippen LogP contribution in [0.3, 0.4) is 0 Å². The molecule has 0 amide bonds. The predicted molar refractivity (Wildman–Crippen MR) is 238 cm³/mol. The summed E-state index contributed by atoms with van der Waals surface area (Å²) >= 11 is -0.181. The maximum atomic E-state index is 12.8. The van der Waals surface area contributed by atoms with E-state index in [0.717, 1.165) is 64.2 Å². The van der Waals surface area contributed by atoms with Gasteiger partial charge in [0.1, 0.15) is 0 Å². The zero-order valence-corrected chi connectivity index (χ0v) is 42.3. The summed E-state index contributed by atoms with van der Waals surface area (Å²) in [5.74, 6) is -1.08. The molecule has 0 rings (SSSR count). The molecule has 0 aliphatic rings. The van der Waals surface area contributed by atoms with Gasteiger partial charge in [0, 0.05) is 6.42 Å². The quantitative estimate of drug-likeness (QED) is 0.00852. The Morgan fingerprint density at radius 2 is 1.03 bits per heavy atom. The molecule has 0 aromatic heterocycles. The summed E-state index contributed by atoms with van der Waals surface area (Å²) in [5.41, 5.74) is 0. The van der Waals surface area contributed by atoms with Crippen LogP contribution in [0, 0.1) is 5.92 Å². The van der Waals surface area contributed by atoms with Crippen LogP contribution in [0.5, 0.6) is 0 Å². The van der Waals surface area contributed by atoms with Gasteiger partial charge in [-0.25, -0.2) is 0 Å². The van der Waals surface area contributed by atoms with Crippen molar-refractivity contribution in [2.45, 2.75) is 213 Å². The van der Waals surface area contributed by atoms with Gasteiger partial charge in [-0.3, -0.25) is 4.79 Å². The number of likely N-dealkylation sites (N-methyl/N-ethyl adjacent to an activating group) is 1. The second-order valence-corrected chi connectivity index (χ2v) is 21.9. The van der Waals surface area contributed by atoms with E-state index in [4.69, 9.17) is 23.3 Å². The Morgan fingerprint density at radius 1 is 0.583 bits per heavy atom. The van der Waals surface area contributed by atoms with Crippen molar-refractivity contribution in [2.75, 3.05) is 52.0 Å². The molecule has 0 aliphatic carbocycles. The van der Waals surface area contributed by atoms with Crippen LogP contribution < -0.4 is 26.4 Å². The predicted octanol–water partition coefficient (Wildman–Crippen LogP) is 8.74. The third-order valence-electron chi connectivity index (χ3n) is 10.8. The molecular formula is C47H90INO10P-. The number of ether oxygens (including phenoxy) is 3. The minimum absolute atomic E-state index is 0.0362. The summed E-state index contributed by atoms with van der Waals surface area (Å²) in [5, 5.41) is 0. The number of phosphoric acid groups is 1. The number of hydrogen-bond donors (Lipinski definition) is 0. The summed E-state index contributed by atoms with van der Waals surface area (Å²) in [7, 11) is -0.678. The van der Waals surface area contributed by atoms with Gasteiger partial charge in [0.15, 0.2) is 0 Å². The number of nitrogens with zero attached hydrogens (tertiary/aromatic N) is 1. The maximum absolute atomic E-state index is 12.8. The van der Waals surface area contributed by atoms with E-state index in [9.17, 15) is 23.8 Å². The van der Waals surface area contributed by atoms with Gasteiger partial charge < -0.3 is 4.74 Å². The average molecular weight is 987 g/mol. The Labute approximate surface area is 378 Å². The second-order valence-electron chi connectivity index (χ2n) is 16.9. The van der Waals surface area contributed by atoms with Gasteiger partial charge in [0.05, 0.1) is 6.61 Å². The first-order valence-corrected chi connectivity index (χ1v) is 28.6. The van der Waals surface area contributed by atoms with Crippen LogP contribution in [-0.2, 0) is 42.2 Å². The number of hydrogen-bond acceptors (Lipinski definition) is 10. The van der Waals surface area contributed by atoms with Crippen molar-refractivity contribution in [1.82, 2.24) is 0 Å². The molecule has 13 heteroatoms. The number of carbonyl (C=O) groups is 3. The van der Waals surface area contributed by atoms with Gasteiger partial charge in [-0.2, -0.15) is 0 Å². The molecule has 0 radical (unpaired) electrons. The molecule has 0 heterocycles. The monoisotopic (exact) mass is 987 g/mol. The van der Waals surface area contributed by atoms with Crippen molar-refractivity contribution in [3.8, 4) is 0 Å². The number of esters is 3. The van der Waals surface area contributed by atoms with Crippen LogP contribution in [0.4, 0.5) is 0 Å². The van der Waals surface area contributed by atoms with Gasteiger partial charge in [-0.05, 0) is 50.9 Å². The summed E-state index contributed by atoms with van der Waals surface area (Å²) in [6, 6.07) is 0. The smallest absolute Gasteiger partial charge is 0.465 e. The van der Waals surface area contributed by atoms with Gasteiger partial charge in [-0.1, -0.05) is 148 Å². The van der Waals surface area contributed by atoms with Crippen LogP contribution in [0.2, 0.25) is 0 Å². The molecule has 0 saturated carbocycles. The van der Waals surface area contributed by atoms with Gasteiger partial charge in [0.25, 0.3) is 0 Å². The summed E-state index contributed by atoms with van der Waals surface area (Å²) in [6.07, 6.45) is 33.1. The van der Waals surface area contributed by atoms with Crippen molar-refractivity contribution < 1.29 is 71.3 Å². The minimum atomic E-state index is -4.70. The SMILES string of the molecule is CCCCCCCC/C=C\CCCCCCCC(=O)OC[C@H](COP(=O)([O-])OCC[N+](C)(C)[I-]C)OC(=O)CCCC(=O)OCC(CCCCCC)CCCCCCCC. The molecular weight excluding hydrogens is 896 g/mol. The summed E-state index contributed by atoms with van der Waals surface area (Å²) < 4.78 is 40.0. The number of unbranched alkanes of at least 4 members (excludes halogenated alkanes) is 19. The van der Waals surface area contributed by atoms with Crippen LogP contribution in [-0.4, -0.2) is 78.7 Å². The van der Waals surface area contributed by atoms with E-state index in [1.165, 1.54) is 89.9 Å². The topological polar surface area (TPSA) is 137 Å². The van der Waals surface area contributed by atoms with Gasteiger partial charge in [-0.15, -0.1) is 0 Å². The van der Waals surface area contributed by atoms with Crippen LogP contribution in [0.1, 0.15) is 207 Å². The zero-order chi connectivity index (χ0) is 44.6. The van der Waals surface area contributed by atoms with E-state index in [0.29, 0.717) is 28.2 Å². The van der Waals surface area contributed by atoms with E-state index in [1.807, 2.05) is 14.1 Å². The van der Waals surface area contributed by atoms with E-state index in [-0.39, 0.29) is 66.3 Å². The Kier molecular flexibility index (Phi) is 40.0. The van der Waals surface area contributed by atoms with Crippen molar-refractivity contribution in [2.24, 2.45) is 5.92 Å². The molecule has 0 spiro atoms. The molecule has 0 N–H and O–H groups in total. The molecule has 0 aromatic rings. The summed E-state index contributed by atoms with van der Waals surface area (Å²) in [4.78, 5) is 52.7. The molecule has 2 unspecified atom stereocenters. The summed E-state index contributed by atoms with van der Waals surface area (Å²) in [6.45, 7) is 6.64. The van der Waals surface area contributed by atoms with Crippen LogP contribution in [0.15, 0.2) is 12.2 Å². The Balaban J connectivity index is 4.81. The number of allylic oxidation sites excluding steroid dienone is 2. The van der Waals surface area contributed by atoms with Crippen LogP contribution in [0.25, 0.3) is 0 Å². The molecule has 3 atom stereocenters. The fourth-order valence-corrected chi connectivity index (χ4v) is 8.08. The molecule has 356 valence electrons. The Hall–Kier alpha value is -1.05. The van der Waals surface area contributed by atoms with Crippen molar-refractivity contribution in [1.29, 1.82) is 0 Å². The third-order valence-corrected chi connectivity index (χ3v) is 14.9. The zero-order valence-electron chi connectivity index (χ0n) is 39.2. The van der Waals surface area contributed by atoms with E-state index in [1.54, 1.807) is 0 Å². The van der Waals surface area contributed by atoms with Gasteiger partial charge >= 0.3 is 158 Å². The number of carbonyl (C=O) groups excluding carboxylic acids is 3. The molecule has 0 aromatic carbocycles. The first-order chi connectivity index (χ1) is 28.9. The van der Waals surface area contributed by atoms with Crippen molar-refractivity contribution in [3.05, 3.63) is 12.2 Å². The standard InChI is InChI=1S/C47H91INO10P/c1-7-10-13-16-18-19-20-21-22-23-24-25-26-28-31-35-45(50)56-41-44(42-58-60(53,54)57-39-38-49(5,6)48-4)59-47(52)37-32-36-46(51)55-40-43(33-29-15-12-9-3)34-30-27-17-14-11-8-2/h21-22,43-44H,7-20,23-42H2,1-6H3,(H,53,54)/p-1/b22-21-/t43?,44-/m1/s1.